The Morgan fingerprint density at radius 2 is 2.22 bits per heavy atom. The van der Waals surface area contributed by atoms with E-state index in [0.717, 1.165) is 12.2 Å². The number of rotatable bonds is 4. The van der Waals surface area contributed by atoms with Gasteiger partial charge in [0.2, 0.25) is 5.88 Å². The highest BCUT2D eigenvalue weighted by Crippen LogP contribution is 2.50. The third-order valence-electron chi connectivity index (χ3n) is 5.03. The van der Waals surface area contributed by atoms with E-state index in [2.05, 4.69) is 12.0 Å². The van der Waals surface area contributed by atoms with Crippen LogP contribution in [0, 0.1) is 17.1 Å². The summed E-state index contributed by atoms with van der Waals surface area (Å²) in [6.07, 6.45) is 0. The van der Waals surface area contributed by atoms with Gasteiger partial charge in [-0.25, -0.2) is 9.37 Å². The van der Waals surface area contributed by atoms with Crippen LogP contribution in [-0.2, 0) is 6.61 Å². The van der Waals surface area contributed by atoms with Gasteiger partial charge in [-0.05, 0) is 18.2 Å². The van der Waals surface area contributed by atoms with E-state index in [1.807, 2.05) is 18.2 Å². The Kier molecular flexibility index (Phi) is 3.10. The minimum Gasteiger partial charge on any atom is -0.473 e. The number of nitrogens with zero attached hydrogens (tertiary/aromatic N) is 3. The topological polar surface area (TPSA) is 45.9 Å². The smallest absolute Gasteiger partial charge is 0.213 e. The summed E-state index contributed by atoms with van der Waals surface area (Å²) in [5, 5.41) is 8.76. The van der Waals surface area contributed by atoms with E-state index >= 15 is 0 Å². The lowest BCUT2D eigenvalue weighted by Crippen LogP contribution is -2.43. The van der Waals surface area contributed by atoms with E-state index in [1.165, 1.54) is 17.1 Å². The Morgan fingerprint density at radius 3 is 2.87 bits per heavy atom. The molecule has 2 aliphatic rings. The molecule has 0 aliphatic carbocycles. The van der Waals surface area contributed by atoms with E-state index < -0.39 is 5.82 Å². The van der Waals surface area contributed by atoms with Gasteiger partial charge in [0, 0.05) is 11.6 Å². The first kappa shape index (κ1) is 14.2. The highest BCUT2D eigenvalue weighted by molar-refractivity contribution is 5.33. The SMILES string of the molecule is C[N+]12CC(c3cccc(OCc4ccc(C#N)cc4F)n3)C1C2. The van der Waals surface area contributed by atoms with Crippen molar-refractivity contribution in [1.29, 1.82) is 5.26 Å². The lowest BCUT2D eigenvalue weighted by molar-refractivity contribution is -0.831. The van der Waals surface area contributed by atoms with E-state index in [4.69, 9.17) is 10.00 Å². The molecule has 0 spiro atoms. The summed E-state index contributed by atoms with van der Waals surface area (Å²) < 4.78 is 20.7. The van der Waals surface area contributed by atoms with Crippen LogP contribution in [0.1, 0.15) is 22.7 Å². The molecule has 2 saturated heterocycles. The van der Waals surface area contributed by atoms with Crippen LogP contribution in [0.5, 0.6) is 5.88 Å². The minimum atomic E-state index is -0.426. The first-order valence-electron chi connectivity index (χ1n) is 7.71. The molecule has 0 radical (unpaired) electrons. The normalized spacial score (nSPS) is 27.5. The number of halogens is 1. The Morgan fingerprint density at radius 1 is 1.35 bits per heavy atom. The number of pyridine rings is 1. The Bertz CT molecular complexity index is 816. The van der Waals surface area contributed by atoms with Crippen molar-refractivity contribution >= 4 is 0 Å². The standard InChI is InChI=1S/C18H17FN3O/c1-22-9-14(17(22)10-22)16-3-2-4-18(21-16)23-11-13-6-5-12(8-20)7-15(13)19/h2-7,14,17H,9-11H2,1H3/q+1. The predicted molar refractivity (Wildman–Crippen MR) is 82.1 cm³/mol. The third kappa shape index (κ3) is 2.45. The van der Waals surface area contributed by atoms with Crippen LogP contribution < -0.4 is 4.74 Å². The second-order valence-electron chi connectivity index (χ2n) is 6.63. The second-order valence-corrected chi connectivity index (χ2v) is 6.63. The van der Waals surface area contributed by atoms with E-state index in [-0.39, 0.29) is 6.61 Å². The van der Waals surface area contributed by atoms with Gasteiger partial charge in [0.05, 0.1) is 30.9 Å². The first-order valence-corrected chi connectivity index (χ1v) is 7.71. The van der Waals surface area contributed by atoms with Crippen molar-refractivity contribution in [1.82, 2.24) is 4.98 Å². The van der Waals surface area contributed by atoms with Crippen molar-refractivity contribution in [2.75, 3.05) is 20.1 Å². The zero-order valence-corrected chi connectivity index (χ0v) is 12.9. The molecule has 116 valence electrons. The van der Waals surface area contributed by atoms with Crippen molar-refractivity contribution in [3.63, 3.8) is 0 Å². The summed E-state index contributed by atoms with van der Waals surface area (Å²) in [7, 11) is 2.27. The molecule has 1 aromatic heterocycles. The number of hydrogen-bond acceptors (Lipinski definition) is 3. The fraction of sp³-hybridized carbons (Fsp3) is 0.333. The number of fused-ring (bicyclic) bond motifs is 1. The van der Waals surface area contributed by atoms with Gasteiger partial charge in [0.1, 0.15) is 24.9 Å². The maximum Gasteiger partial charge on any atom is 0.213 e. The van der Waals surface area contributed by atoms with Crippen molar-refractivity contribution in [3.05, 3.63) is 59.0 Å². The largest absolute Gasteiger partial charge is 0.473 e. The minimum absolute atomic E-state index is 0.107. The van der Waals surface area contributed by atoms with Crippen LogP contribution in [0.25, 0.3) is 0 Å². The molecule has 0 amide bonds. The van der Waals surface area contributed by atoms with Gasteiger partial charge in [-0.3, -0.25) is 0 Å². The number of likely N-dealkylation sites (N-methyl/N-ethyl adjacent to an activating group) is 1. The van der Waals surface area contributed by atoms with Gasteiger partial charge in [-0.1, -0.05) is 12.1 Å². The summed E-state index contributed by atoms with van der Waals surface area (Å²) >= 11 is 0. The summed E-state index contributed by atoms with van der Waals surface area (Å²) in [6, 6.07) is 12.8. The average molecular weight is 310 g/mol. The lowest BCUT2D eigenvalue weighted by Gasteiger charge is -2.30. The molecule has 3 atom stereocenters. The summed E-state index contributed by atoms with van der Waals surface area (Å²) in [6.45, 7) is 2.50. The Hall–Kier alpha value is -2.45. The van der Waals surface area contributed by atoms with Crippen LogP contribution in [0.15, 0.2) is 36.4 Å². The molecule has 4 rings (SSSR count). The summed E-state index contributed by atoms with van der Waals surface area (Å²) in [5.41, 5.74) is 1.80. The molecule has 0 N–H and O–H groups in total. The van der Waals surface area contributed by atoms with Gasteiger partial charge < -0.3 is 9.22 Å². The Balaban J connectivity index is 1.44. The molecular formula is C18H17FN3O+. The highest BCUT2D eigenvalue weighted by Gasteiger charge is 2.67. The molecule has 5 heteroatoms. The lowest BCUT2D eigenvalue weighted by atomic mass is 9.95. The van der Waals surface area contributed by atoms with Crippen LogP contribution in [0.3, 0.4) is 0 Å². The monoisotopic (exact) mass is 310 g/mol. The van der Waals surface area contributed by atoms with Gasteiger partial charge in [0.15, 0.2) is 6.04 Å². The van der Waals surface area contributed by atoms with Crippen molar-refractivity contribution < 1.29 is 13.6 Å². The number of hydrogen-bond donors (Lipinski definition) is 0. The van der Waals surface area contributed by atoms with Gasteiger partial charge in [-0.15, -0.1) is 0 Å². The maximum absolute atomic E-state index is 13.9. The third-order valence-corrected chi connectivity index (χ3v) is 5.03. The number of ether oxygens (including phenoxy) is 1. The maximum atomic E-state index is 13.9. The molecule has 0 saturated carbocycles. The fourth-order valence-corrected chi connectivity index (χ4v) is 3.48. The van der Waals surface area contributed by atoms with Crippen molar-refractivity contribution in [3.8, 4) is 11.9 Å². The average Bonchev–Trinajstić information content (AvgIpc) is 3.09. The molecule has 2 aliphatic heterocycles. The molecule has 3 unspecified atom stereocenters. The highest BCUT2D eigenvalue weighted by atomic mass is 19.1. The number of quaternary nitrogens is 1. The molecule has 23 heavy (non-hydrogen) atoms. The van der Waals surface area contributed by atoms with Gasteiger partial charge in [0.25, 0.3) is 0 Å². The van der Waals surface area contributed by atoms with E-state index in [0.29, 0.717) is 29.0 Å². The zero-order chi connectivity index (χ0) is 16.0. The van der Waals surface area contributed by atoms with Crippen LogP contribution in [0.4, 0.5) is 4.39 Å². The summed E-state index contributed by atoms with van der Waals surface area (Å²) in [5.74, 6) is 0.619. The zero-order valence-electron chi connectivity index (χ0n) is 12.9. The number of benzene rings is 1. The molecule has 1 aromatic carbocycles. The number of aromatic nitrogens is 1. The van der Waals surface area contributed by atoms with Crippen LogP contribution >= 0.6 is 0 Å². The van der Waals surface area contributed by atoms with Crippen molar-refractivity contribution in [2.45, 2.75) is 18.6 Å². The molecular weight excluding hydrogens is 293 g/mol. The molecule has 4 nitrogen and oxygen atoms in total. The van der Waals surface area contributed by atoms with E-state index in [1.54, 1.807) is 18.2 Å². The van der Waals surface area contributed by atoms with Gasteiger partial charge in [-0.2, -0.15) is 5.26 Å². The quantitative estimate of drug-likeness (QED) is 0.644. The Labute approximate surface area is 134 Å². The van der Waals surface area contributed by atoms with Crippen molar-refractivity contribution in [2.24, 2.45) is 0 Å². The summed E-state index contributed by atoms with van der Waals surface area (Å²) in [4.78, 5) is 4.57. The first-order chi connectivity index (χ1) is 11.1. The molecule has 2 fully saturated rings. The predicted octanol–water partition coefficient (Wildman–Crippen LogP) is 2.60. The van der Waals surface area contributed by atoms with Crippen LogP contribution in [-0.4, -0.2) is 35.6 Å². The second kappa shape index (κ2) is 5.04. The number of nitriles is 1. The molecule has 2 aromatic rings. The molecule has 3 heterocycles. The molecule has 0 bridgehead atoms. The van der Waals surface area contributed by atoms with Gasteiger partial charge >= 0.3 is 0 Å². The fourth-order valence-electron chi connectivity index (χ4n) is 3.48. The van der Waals surface area contributed by atoms with E-state index in [9.17, 15) is 4.39 Å². The van der Waals surface area contributed by atoms with Crippen LogP contribution in [0.2, 0.25) is 0 Å².